The zero-order valence-corrected chi connectivity index (χ0v) is 19.3. The molecule has 0 saturated carbocycles. The van der Waals surface area contributed by atoms with Crippen LogP contribution in [0, 0.1) is 0 Å². The van der Waals surface area contributed by atoms with Gasteiger partial charge in [0.2, 0.25) is 11.0 Å². The number of carbonyl (C=O) groups is 1. The van der Waals surface area contributed by atoms with Crippen molar-refractivity contribution in [3.05, 3.63) is 59.9 Å². The second-order valence-electron chi connectivity index (χ2n) is 7.01. The van der Waals surface area contributed by atoms with E-state index >= 15 is 0 Å². The van der Waals surface area contributed by atoms with Crippen molar-refractivity contribution < 1.29 is 4.79 Å². The molecule has 1 amide bonds. The van der Waals surface area contributed by atoms with E-state index in [1.165, 1.54) is 29.5 Å². The molecule has 0 fully saturated rings. The summed E-state index contributed by atoms with van der Waals surface area (Å²) in [6.07, 6.45) is 7.78. The van der Waals surface area contributed by atoms with E-state index in [1.54, 1.807) is 12.4 Å². The Balaban J connectivity index is 1.45. The number of amides is 1. The van der Waals surface area contributed by atoms with Crippen molar-refractivity contribution in [3.63, 3.8) is 0 Å². The minimum atomic E-state index is -0.156. The van der Waals surface area contributed by atoms with Crippen LogP contribution in [0.2, 0.25) is 0 Å². The Bertz CT molecular complexity index is 1150. The maximum atomic E-state index is 12.5. The minimum Gasteiger partial charge on any atom is -0.300 e. The van der Waals surface area contributed by atoms with Gasteiger partial charge in [-0.1, -0.05) is 61.1 Å². The third-order valence-corrected chi connectivity index (χ3v) is 6.43. The number of pyridine rings is 1. The van der Waals surface area contributed by atoms with Gasteiger partial charge in [0.15, 0.2) is 11.0 Å². The molecular formula is C22H23N7OS2. The zero-order valence-electron chi connectivity index (χ0n) is 17.6. The van der Waals surface area contributed by atoms with E-state index in [1.807, 2.05) is 47.0 Å². The van der Waals surface area contributed by atoms with Gasteiger partial charge in [0.05, 0.1) is 5.75 Å². The molecule has 8 nitrogen and oxygen atoms in total. The molecule has 3 heterocycles. The fourth-order valence-electron chi connectivity index (χ4n) is 3.07. The number of carbonyl (C=O) groups excluding carboxylic acids is 1. The molecule has 0 radical (unpaired) electrons. The number of aromatic nitrogens is 6. The molecule has 1 N–H and O–H groups in total. The highest BCUT2D eigenvalue weighted by molar-refractivity contribution is 7.99. The van der Waals surface area contributed by atoms with E-state index in [2.05, 4.69) is 37.6 Å². The first-order chi connectivity index (χ1) is 15.7. The summed E-state index contributed by atoms with van der Waals surface area (Å²) in [4.78, 5) is 16.7. The van der Waals surface area contributed by atoms with Gasteiger partial charge in [-0.3, -0.25) is 19.7 Å². The van der Waals surface area contributed by atoms with E-state index in [9.17, 15) is 4.79 Å². The maximum absolute atomic E-state index is 12.5. The molecule has 0 saturated heterocycles. The van der Waals surface area contributed by atoms with Crippen LogP contribution in [-0.4, -0.2) is 41.6 Å². The number of nitrogens with one attached hydrogen (secondary N) is 1. The molecule has 4 aromatic rings. The fourth-order valence-corrected chi connectivity index (χ4v) is 4.62. The second-order valence-corrected chi connectivity index (χ2v) is 9.02. The number of nitrogens with zero attached hydrogens (tertiary/aromatic N) is 6. The minimum absolute atomic E-state index is 0.156. The maximum Gasteiger partial charge on any atom is 0.236 e. The summed E-state index contributed by atoms with van der Waals surface area (Å²) in [5, 5.41) is 21.9. The van der Waals surface area contributed by atoms with Crippen molar-refractivity contribution in [2.45, 2.75) is 37.8 Å². The van der Waals surface area contributed by atoms with Crippen molar-refractivity contribution in [2.24, 2.45) is 0 Å². The van der Waals surface area contributed by atoms with Crippen molar-refractivity contribution in [1.29, 1.82) is 0 Å². The van der Waals surface area contributed by atoms with Crippen LogP contribution in [0.1, 0.15) is 31.2 Å². The van der Waals surface area contributed by atoms with Gasteiger partial charge in [0.1, 0.15) is 5.01 Å². The van der Waals surface area contributed by atoms with Crippen LogP contribution < -0.4 is 5.32 Å². The van der Waals surface area contributed by atoms with Gasteiger partial charge < -0.3 is 0 Å². The molecule has 0 aliphatic heterocycles. The zero-order chi connectivity index (χ0) is 22.2. The normalized spacial score (nSPS) is 10.9. The number of unbranched alkanes of at least 4 members (excludes halogenated alkanes) is 2. The van der Waals surface area contributed by atoms with Crippen LogP contribution in [0.4, 0.5) is 5.13 Å². The number of para-hydroxylation sites is 1. The van der Waals surface area contributed by atoms with Crippen LogP contribution in [0.25, 0.3) is 17.1 Å². The highest BCUT2D eigenvalue weighted by Crippen LogP contribution is 2.27. The summed E-state index contributed by atoms with van der Waals surface area (Å²) in [6, 6.07) is 13.6. The summed E-state index contributed by atoms with van der Waals surface area (Å²) < 4.78 is 1.94. The van der Waals surface area contributed by atoms with Crippen LogP contribution in [0.15, 0.2) is 60.0 Å². The summed E-state index contributed by atoms with van der Waals surface area (Å²) in [7, 11) is 0. The summed E-state index contributed by atoms with van der Waals surface area (Å²) in [5.74, 6) is 0.702. The molecule has 1 aromatic carbocycles. The number of hydrogen-bond acceptors (Lipinski definition) is 8. The lowest BCUT2D eigenvalue weighted by Crippen LogP contribution is -2.14. The highest BCUT2D eigenvalue weighted by atomic mass is 32.2. The Morgan fingerprint density at radius 1 is 1.06 bits per heavy atom. The second kappa shape index (κ2) is 11.0. The summed E-state index contributed by atoms with van der Waals surface area (Å²) >= 11 is 2.75. The topological polar surface area (TPSA) is 98.5 Å². The van der Waals surface area contributed by atoms with Crippen LogP contribution in [0.5, 0.6) is 0 Å². The molecule has 164 valence electrons. The number of thioether (sulfide) groups is 1. The molecule has 32 heavy (non-hydrogen) atoms. The predicted molar refractivity (Wildman–Crippen MR) is 127 cm³/mol. The molecule has 0 spiro atoms. The average Bonchev–Trinajstić information content (AvgIpc) is 3.46. The molecule has 10 heteroatoms. The van der Waals surface area contributed by atoms with Crippen molar-refractivity contribution in [1.82, 2.24) is 29.9 Å². The van der Waals surface area contributed by atoms with E-state index < -0.39 is 0 Å². The molecule has 0 aliphatic rings. The number of benzene rings is 1. The van der Waals surface area contributed by atoms with Gasteiger partial charge >= 0.3 is 0 Å². The molecule has 0 atom stereocenters. The molecular weight excluding hydrogens is 442 g/mol. The first-order valence-electron chi connectivity index (χ1n) is 10.4. The van der Waals surface area contributed by atoms with Crippen molar-refractivity contribution in [3.8, 4) is 17.1 Å². The van der Waals surface area contributed by atoms with Crippen LogP contribution in [-0.2, 0) is 11.2 Å². The lowest BCUT2D eigenvalue weighted by molar-refractivity contribution is -0.113. The molecule has 0 bridgehead atoms. The number of hydrogen-bond donors (Lipinski definition) is 1. The number of rotatable bonds is 10. The first kappa shape index (κ1) is 22.1. The monoisotopic (exact) mass is 465 g/mol. The molecule has 0 unspecified atom stereocenters. The van der Waals surface area contributed by atoms with Gasteiger partial charge in [0, 0.05) is 30.1 Å². The van der Waals surface area contributed by atoms with Crippen LogP contribution >= 0.6 is 23.1 Å². The van der Waals surface area contributed by atoms with Gasteiger partial charge in [-0.05, 0) is 30.7 Å². The van der Waals surface area contributed by atoms with Gasteiger partial charge in [-0.15, -0.1) is 20.4 Å². The average molecular weight is 466 g/mol. The van der Waals surface area contributed by atoms with E-state index in [0.29, 0.717) is 16.1 Å². The fraction of sp³-hybridized carbons (Fsp3) is 0.273. The molecule has 0 aliphatic carbocycles. The standard InChI is InChI=1S/C22H23N7OS2/c1-2-3-5-12-19-25-27-21(32-19)24-18(30)15-31-22-28-26-20(16-9-8-13-23-14-16)29(22)17-10-6-4-7-11-17/h4,6-11,13-14H,2-3,5,12,15H2,1H3,(H,24,27,30). The first-order valence-corrected chi connectivity index (χ1v) is 12.2. The van der Waals surface area contributed by atoms with E-state index in [-0.39, 0.29) is 11.7 Å². The Morgan fingerprint density at radius 3 is 2.72 bits per heavy atom. The number of anilines is 1. The highest BCUT2D eigenvalue weighted by Gasteiger charge is 2.18. The molecule has 3 aromatic heterocycles. The Labute approximate surface area is 194 Å². The summed E-state index contributed by atoms with van der Waals surface area (Å²) in [6.45, 7) is 2.17. The molecule has 4 rings (SSSR count). The number of aryl methyl sites for hydroxylation is 1. The van der Waals surface area contributed by atoms with Gasteiger partial charge in [-0.2, -0.15) is 0 Å². The third-order valence-electron chi connectivity index (χ3n) is 4.61. The van der Waals surface area contributed by atoms with Gasteiger partial charge in [-0.25, -0.2) is 0 Å². The summed E-state index contributed by atoms with van der Waals surface area (Å²) in [5.41, 5.74) is 1.77. The van der Waals surface area contributed by atoms with Crippen molar-refractivity contribution in [2.75, 3.05) is 11.1 Å². The predicted octanol–water partition coefficient (Wildman–Crippen LogP) is 4.64. The largest absolute Gasteiger partial charge is 0.300 e. The van der Waals surface area contributed by atoms with E-state index in [0.717, 1.165) is 35.5 Å². The quantitative estimate of drug-likeness (QED) is 0.269. The Kier molecular flexibility index (Phi) is 7.57. The SMILES string of the molecule is CCCCCc1nnc(NC(=O)CSc2nnc(-c3cccnc3)n2-c2ccccc2)s1. The van der Waals surface area contributed by atoms with E-state index in [4.69, 9.17) is 0 Å². The Morgan fingerprint density at radius 2 is 1.94 bits per heavy atom. The van der Waals surface area contributed by atoms with Crippen molar-refractivity contribution >= 4 is 34.1 Å². The smallest absolute Gasteiger partial charge is 0.236 e. The van der Waals surface area contributed by atoms with Gasteiger partial charge in [0.25, 0.3) is 0 Å². The third kappa shape index (κ3) is 5.57. The Hall–Kier alpha value is -3.11. The lowest BCUT2D eigenvalue weighted by atomic mass is 10.2. The van der Waals surface area contributed by atoms with Crippen LogP contribution in [0.3, 0.4) is 0 Å². The lowest BCUT2D eigenvalue weighted by Gasteiger charge is -2.10.